The van der Waals surface area contributed by atoms with Crippen LogP contribution in [0, 0.1) is 0 Å². The number of aliphatic imine (C=N–C) groups is 1. The number of fused-ring (bicyclic) bond motifs is 1. The number of rotatable bonds is 7. The third-order valence-corrected chi connectivity index (χ3v) is 7.86. The van der Waals surface area contributed by atoms with Crippen LogP contribution in [0.3, 0.4) is 0 Å². The first-order valence-corrected chi connectivity index (χ1v) is 14.0. The highest BCUT2D eigenvalue weighted by molar-refractivity contribution is 8.14. The minimum atomic E-state index is -0.361. The molecular weight excluding hydrogens is 561 g/mol. The number of esters is 1. The topological polar surface area (TPSA) is 46.8 Å². The van der Waals surface area contributed by atoms with Crippen LogP contribution in [0.4, 0.5) is 5.69 Å². The van der Waals surface area contributed by atoms with E-state index in [1.165, 1.54) is 0 Å². The van der Waals surface area contributed by atoms with Crippen LogP contribution in [0.15, 0.2) is 89.0 Å². The Kier molecular flexibility index (Phi) is 8.34. The van der Waals surface area contributed by atoms with Gasteiger partial charge in [-0.3, -0.25) is 4.99 Å². The monoisotopic (exact) mass is 583 g/mol. The van der Waals surface area contributed by atoms with Crippen molar-refractivity contribution in [3.05, 3.63) is 111 Å². The summed E-state index contributed by atoms with van der Waals surface area (Å²) in [5.74, 6) is -0.361. The zero-order valence-electron chi connectivity index (χ0n) is 20.5. The molecule has 1 aliphatic heterocycles. The first-order valence-electron chi connectivity index (χ1n) is 12.0. The molecule has 0 radical (unpaired) electrons. The molecule has 194 valence electrons. The van der Waals surface area contributed by atoms with Crippen molar-refractivity contribution in [2.24, 2.45) is 4.99 Å². The molecule has 9 heteroatoms. The number of anilines is 1. The van der Waals surface area contributed by atoms with Crippen LogP contribution in [0.1, 0.15) is 28.4 Å². The van der Waals surface area contributed by atoms with Gasteiger partial charge in [-0.1, -0.05) is 70.8 Å². The molecular formula is C29H24Cl3N3O2S. The highest BCUT2D eigenvalue weighted by Crippen LogP contribution is 2.43. The summed E-state index contributed by atoms with van der Waals surface area (Å²) in [4.78, 5) is 20.3. The van der Waals surface area contributed by atoms with Gasteiger partial charge in [0, 0.05) is 33.5 Å². The van der Waals surface area contributed by atoms with Crippen molar-refractivity contribution >= 4 is 63.3 Å². The van der Waals surface area contributed by atoms with Crippen molar-refractivity contribution in [3.63, 3.8) is 0 Å². The van der Waals surface area contributed by atoms with Crippen LogP contribution < -0.4 is 4.90 Å². The van der Waals surface area contributed by atoms with E-state index in [0.717, 1.165) is 32.6 Å². The van der Waals surface area contributed by atoms with Crippen LogP contribution in [0.25, 0.3) is 5.69 Å². The molecule has 0 atom stereocenters. The molecule has 4 aromatic rings. The van der Waals surface area contributed by atoms with E-state index in [9.17, 15) is 4.79 Å². The molecule has 0 saturated heterocycles. The molecule has 0 bridgehead atoms. The SMILES string of the molecule is CCOC(=O)c1cn(-c2ccc(Cl)cc2)c2c1N(Cc1ccc(Cl)cc1)CC(=NCc1ccc(Cl)cc1)S2. The molecule has 5 rings (SSSR count). The van der Waals surface area contributed by atoms with Crippen molar-refractivity contribution in [1.82, 2.24) is 4.57 Å². The van der Waals surface area contributed by atoms with Crippen molar-refractivity contribution in [3.8, 4) is 5.69 Å². The van der Waals surface area contributed by atoms with Crippen LogP contribution in [0.5, 0.6) is 0 Å². The minimum Gasteiger partial charge on any atom is -0.462 e. The maximum Gasteiger partial charge on any atom is 0.341 e. The van der Waals surface area contributed by atoms with Crippen LogP contribution in [-0.2, 0) is 17.8 Å². The molecule has 5 nitrogen and oxygen atoms in total. The highest BCUT2D eigenvalue weighted by atomic mass is 35.5. The first-order chi connectivity index (χ1) is 18.4. The van der Waals surface area contributed by atoms with Crippen molar-refractivity contribution in [1.29, 1.82) is 0 Å². The van der Waals surface area contributed by atoms with Crippen LogP contribution >= 0.6 is 46.6 Å². The largest absolute Gasteiger partial charge is 0.462 e. The Bertz CT molecular complexity index is 1470. The summed E-state index contributed by atoms with van der Waals surface area (Å²) < 4.78 is 7.46. The maximum absolute atomic E-state index is 13.1. The zero-order chi connectivity index (χ0) is 26.6. The van der Waals surface area contributed by atoms with Gasteiger partial charge in [-0.25, -0.2) is 4.79 Å². The fourth-order valence-corrected chi connectivity index (χ4v) is 5.76. The summed E-state index contributed by atoms with van der Waals surface area (Å²) in [6.07, 6.45) is 1.84. The van der Waals surface area contributed by atoms with E-state index >= 15 is 0 Å². The third kappa shape index (κ3) is 6.05. The van der Waals surface area contributed by atoms with Crippen molar-refractivity contribution in [2.75, 3.05) is 18.1 Å². The van der Waals surface area contributed by atoms with Gasteiger partial charge in [0.2, 0.25) is 0 Å². The lowest BCUT2D eigenvalue weighted by Crippen LogP contribution is -2.33. The number of hydrogen-bond acceptors (Lipinski definition) is 5. The van der Waals surface area contributed by atoms with Gasteiger partial charge in [0.1, 0.15) is 10.6 Å². The number of thioether (sulfide) groups is 1. The van der Waals surface area contributed by atoms with Gasteiger partial charge in [-0.2, -0.15) is 0 Å². The summed E-state index contributed by atoms with van der Waals surface area (Å²) in [5.41, 5.74) is 4.36. The molecule has 2 heterocycles. The van der Waals surface area contributed by atoms with Gasteiger partial charge in [-0.15, -0.1) is 0 Å². The Labute approximate surface area is 241 Å². The van der Waals surface area contributed by atoms with E-state index in [2.05, 4.69) is 4.90 Å². The number of halogens is 3. The Morgan fingerprint density at radius 1 is 0.895 bits per heavy atom. The second-order valence-corrected chi connectivity index (χ2v) is 11.1. The standard InChI is InChI=1S/C29H24Cl3N3O2S/c1-2-37-29(36)25-17-35(24-13-11-23(32)12-14-24)28-27(25)34(16-20-5-9-22(31)10-6-20)18-26(38-28)33-15-19-3-7-21(30)8-4-19/h3-14,17H,2,15-16,18H2,1H3. The number of hydrogen-bond donors (Lipinski definition) is 0. The molecule has 0 fully saturated rings. The molecule has 0 unspecified atom stereocenters. The highest BCUT2D eigenvalue weighted by Gasteiger charge is 2.32. The molecule has 1 aliphatic rings. The number of aromatic nitrogens is 1. The van der Waals surface area contributed by atoms with Crippen molar-refractivity contribution in [2.45, 2.75) is 25.0 Å². The Hall–Kier alpha value is -2.90. The lowest BCUT2D eigenvalue weighted by atomic mass is 10.2. The van der Waals surface area contributed by atoms with E-state index in [4.69, 9.17) is 44.5 Å². The number of benzene rings is 3. The maximum atomic E-state index is 13.1. The quantitative estimate of drug-likeness (QED) is 0.205. The molecule has 0 spiro atoms. The fraction of sp³-hybridized carbons (Fsp3) is 0.172. The Morgan fingerprint density at radius 3 is 2.08 bits per heavy atom. The van der Waals surface area contributed by atoms with Gasteiger partial charge in [-0.05, 0) is 66.6 Å². The second-order valence-electron chi connectivity index (χ2n) is 8.68. The predicted octanol–water partition coefficient (Wildman–Crippen LogP) is 8.33. The molecule has 38 heavy (non-hydrogen) atoms. The summed E-state index contributed by atoms with van der Waals surface area (Å²) in [7, 11) is 0. The molecule has 0 aliphatic carbocycles. The number of ether oxygens (including phenoxy) is 1. The average Bonchev–Trinajstić information content (AvgIpc) is 3.30. The lowest BCUT2D eigenvalue weighted by molar-refractivity contribution is 0.0527. The normalized spacial score (nSPS) is 14.0. The van der Waals surface area contributed by atoms with E-state index in [1.807, 2.05) is 90.5 Å². The molecule has 0 amide bonds. The van der Waals surface area contributed by atoms with Crippen molar-refractivity contribution < 1.29 is 9.53 Å². The van der Waals surface area contributed by atoms with Gasteiger partial charge in [0.25, 0.3) is 0 Å². The fourth-order valence-electron chi connectivity index (χ4n) is 4.22. The predicted molar refractivity (Wildman–Crippen MR) is 158 cm³/mol. The van der Waals surface area contributed by atoms with Gasteiger partial charge < -0.3 is 14.2 Å². The number of nitrogens with zero attached hydrogens (tertiary/aromatic N) is 3. The third-order valence-electron chi connectivity index (χ3n) is 6.03. The smallest absolute Gasteiger partial charge is 0.341 e. The second kappa shape index (κ2) is 11.9. The minimum absolute atomic E-state index is 0.290. The molecule has 3 aromatic carbocycles. The molecule has 0 N–H and O–H groups in total. The zero-order valence-corrected chi connectivity index (χ0v) is 23.6. The van der Waals surface area contributed by atoms with E-state index < -0.39 is 0 Å². The summed E-state index contributed by atoms with van der Waals surface area (Å²) >= 11 is 19.9. The number of carbonyl (C=O) groups excluding carboxylic acids is 1. The molecule has 1 aromatic heterocycles. The van der Waals surface area contributed by atoms with E-state index in [0.29, 0.717) is 40.3 Å². The lowest BCUT2D eigenvalue weighted by Gasteiger charge is -2.31. The average molecular weight is 585 g/mol. The Morgan fingerprint density at radius 2 is 1.47 bits per heavy atom. The van der Waals surface area contributed by atoms with E-state index in [-0.39, 0.29) is 12.6 Å². The van der Waals surface area contributed by atoms with Gasteiger partial charge in [0.15, 0.2) is 0 Å². The first kappa shape index (κ1) is 26.7. The summed E-state index contributed by atoms with van der Waals surface area (Å²) in [6.45, 7) is 3.74. The Balaban J connectivity index is 1.60. The molecule has 0 saturated carbocycles. The van der Waals surface area contributed by atoms with E-state index in [1.54, 1.807) is 11.8 Å². The van der Waals surface area contributed by atoms with Crippen LogP contribution in [0.2, 0.25) is 15.1 Å². The summed E-state index contributed by atoms with van der Waals surface area (Å²) in [6, 6.07) is 23.0. The van der Waals surface area contributed by atoms with Crippen LogP contribution in [-0.4, -0.2) is 28.7 Å². The van der Waals surface area contributed by atoms with Gasteiger partial charge in [0.05, 0.1) is 30.4 Å². The number of carbonyl (C=O) groups is 1. The summed E-state index contributed by atoms with van der Waals surface area (Å²) in [5, 5.41) is 3.84. The van der Waals surface area contributed by atoms with Gasteiger partial charge >= 0.3 is 5.97 Å².